The maximum atomic E-state index is 11.0. The van der Waals surface area contributed by atoms with Crippen LogP contribution in [0, 0.1) is 17.0 Å². The lowest BCUT2D eigenvalue weighted by molar-refractivity contribution is -0.386. The predicted octanol–water partition coefficient (Wildman–Crippen LogP) is 2.00. The van der Waals surface area contributed by atoms with Crippen molar-refractivity contribution < 1.29 is 14.2 Å². The van der Waals surface area contributed by atoms with Gasteiger partial charge in [0.25, 0.3) is 0 Å². The molecule has 1 unspecified atom stereocenters. The molecule has 2 heterocycles. The zero-order valence-corrected chi connectivity index (χ0v) is 12.5. The molecule has 0 aliphatic carbocycles. The summed E-state index contributed by atoms with van der Waals surface area (Å²) in [6.45, 7) is 1.50. The number of hydrogen-bond donors (Lipinski definition) is 2. The van der Waals surface area contributed by atoms with Gasteiger partial charge in [0.2, 0.25) is 11.7 Å². The number of carbonyl (C=O) groups is 1. The molecule has 2 aromatic heterocycles. The van der Waals surface area contributed by atoms with Crippen molar-refractivity contribution in [2.24, 2.45) is 11.5 Å². The molecule has 0 saturated heterocycles. The van der Waals surface area contributed by atoms with Crippen molar-refractivity contribution in [3.8, 4) is 0 Å². The van der Waals surface area contributed by atoms with Gasteiger partial charge in [-0.15, -0.1) is 11.3 Å². The molecule has 0 bridgehead atoms. The number of aromatic nitrogens is 1. The third kappa shape index (κ3) is 3.38. The number of thiophene rings is 1. The van der Waals surface area contributed by atoms with Crippen LogP contribution < -0.4 is 11.5 Å². The molecule has 4 N–H and O–H groups in total. The van der Waals surface area contributed by atoms with Gasteiger partial charge in [0.1, 0.15) is 0 Å². The van der Waals surface area contributed by atoms with E-state index in [1.807, 2.05) is 5.38 Å². The van der Waals surface area contributed by atoms with Crippen molar-refractivity contribution in [3.63, 3.8) is 0 Å². The zero-order chi connectivity index (χ0) is 16.3. The van der Waals surface area contributed by atoms with E-state index in [4.69, 9.17) is 16.0 Å². The largest absolute Gasteiger partial charge is 0.370 e. The van der Waals surface area contributed by atoms with Crippen LogP contribution in [-0.2, 0) is 4.79 Å². The Morgan fingerprint density at radius 2 is 2.32 bits per heavy atom. The summed E-state index contributed by atoms with van der Waals surface area (Å²) in [4.78, 5) is 22.1. The Balaban J connectivity index is 2.27. The number of nitrogens with zero attached hydrogens (tertiary/aromatic N) is 2. The van der Waals surface area contributed by atoms with Gasteiger partial charge in [-0.3, -0.25) is 14.9 Å². The average molecular weight is 322 g/mol. The quantitative estimate of drug-likeness (QED) is 0.616. The van der Waals surface area contributed by atoms with E-state index in [1.165, 1.54) is 24.3 Å². The Hall–Kier alpha value is -2.52. The molecule has 1 atom stereocenters. The molecular formula is C13H14N4O4S. The van der Waals surface area contributed by atoms with Crippen LogP contribution in [0.15, 0.2) is 16.0 Å². The van der Waals surface area contributed by atoms with E-state index >= 15 is 0 Å². The standard InChI is InChI=1S/C13H14N4O4S/c1-7-13(17(19)20)10(21-16-7)2-3-11-8(4-5-22-11)9(14)6-12(15)18/h2-5,9H,6,14H2,1H3,(H2,15,18)/b3-2+. The summed E-state index contributed by atoms with van der Waals surface area (Å²) in [5, 5.41) is 16.4. The number of carbonyl (C=O) groups excluding carboxylic acids is 1. The number of nitrogens with two attached hydrogens (primary N) is 2. The molecule has 0 aromatic carbocycles. The highest BCUT2D eigenvalue weighted by Gasteiger charge is 2.22. The van der Waals surface area contributed by atoms with Gasteiger partial charge >= 0.3 is 5.69 Å². The van der Waals surface area contributed by atoms with E-state index in [0.717, 1.165) is 10.4 Å². The molecule has 0 aliphatic rings. The highest BCUT2D eigenvalue weighted by molar-refractivity contribution is 7.11. The zero-order valence-electron chi connectivity index (χ0n) is 11.7. The van der Waals surface area contributed by atoms with E-state index in [2.05, 4.69) is 5.16 Å². The number of primary amides is 1. The lowest BCUT2D eigenvalue weighted by atomic mass is 10.1. The smallest absolute Gasteiger partial charge is 0.338 e. The topological polar surface area (TPSA) is 138 Å². The van der Waals surface area contributed by atoms with Crippen LogP contribution in [0.25, 0.3) is 12.2 Å². The summed E-state index contributed by atoms with van der Waals surface area (Å²) >= 11 is 1.39. The maximum absolute atomic E-state index is 11.0. The SMILES string of the molecule is Cc1noc(/C=C/c2sccc2C(N)CC(N)=O)c1[N+](=O)[O-]. The normalized spacial score (nSPS) is 12.6. The number of hydrogen-bond acceptors (Lipinski definition) is 7. The fourth-order valence-electron chi connectivity index (χ4n) is 1.96. The average Bonchev–Trinajstić information content (AvgIpc) is 3.01. The van der Waals surface area contributed by atoms with Crippen LogP contribution in [-0.4, -0.2) is 16.0 Å². The molecule has 2 rings (SSSR count). The van der Waals surface area contributed by atoms with Crippen molar-refractivity contribution in [1.82, 2.24) is 5.16 Å². The van der Waals surface area contributed by atoms with E-state index < -0.39 is 16.9 Å². The molecule has 2 aromatic rings. The molecule has 9 heteroatoms. The van der Waals surface area contributed by atoms with Gasteiger partial charge in [0.15, 0.2) is 5.69 Å². The fourth-order valence-corrected chi connectivity index (χ4v) is 2.83. The minimum absolute atomic E-state index is 0.0269. The van der Waals surface area contributed by atoms with Gasteiger partial charge in [-0.2, -0.15) is 0 Å². The van der Waals surface area contributed by atoms with Crippen molar-refractivity contribution in [2.45, 2.75) is 19.4 Å². The lowest BCUT2D eigenvalue weighted by Crippen LogP contribution is -2.20. The first-order valence-corrected chi connectivity index (χ1v) is 7.18. The Kier molecular flexibility index (Phi) is 4.68. The van der Waals surface area contributed by atoms with Gasteiger partial charge in [-0.1, -0.05) is 5.16 Å². The van der Waals surface area contributed by atoms with Crippen molar-refractivity contribution in [3.05, 3.63) is 43.5 Å². The number of rotatable bonds is 6. The second kappa shape index (κ2) is 6.50. The van der Waals surface area contributed by atoms with E-state index in [0.29, 0.717) is 0 Å². The number of amides is 1. The summed E-state index contributed by atoms with van der Waals surface area (Å²) < 4.78 is 4.94. The molecule has 0 spiro atoms. The summed E-state index contributed by atoms with van der Waals surface area (Å²) in [6.07, 6.45) is 3.14. The van der Waals surface area contributed by atoms with E-state index in [-0.39, 0.29) is 23.6 Å². The highest BCUT2D eigenvalue weighted by Crippen LogP contribution is 2.28. The van der Waals surface area contributed by atoms with Crippen LogP contribution in [0.3, 0.4) is 0 Å². The first-order valence-electron chi connectivity index (χ1n) is 6.30. The number of aryl methyl sites for hydroxylation is 1. The fraction of sp³-hybridized carbons (Fsp3) is 0.231. The molecule has 8 nitrogen and oxygen atoms in total. The van der Waals surface area contributed by atoms with E-state index in [1.54, 1.807) is 12.1 Å². The lowest BCUT2D eigenvalue weighted by Gasteiger charge is -2.08. The van der Waals surface area contributed by atoms with Gasteiger partial charge in [0.05, 0.1) is 4.92 Å². The summed E-state index contributed by atoms with van der Waals surface area (Å²) in [6, 6.07) is 1.27. The minimum Gasteiger partial charge on any atom is -0.370 e. The molecule has 1 amide bonds. The van der Waals surface area contributed by atoms with Crippen molar-refractivity contribution in [2.75, 3.05) is 0 Å². The molecule has 22 heavy (non-hydrogen) atoms. The Bertz CT molecular complexity index is 734. The predicted molar refractivity (Wildman–Crippen MR) is 81.9 cm³/mol. The third-order valence-corrected chi connectivity index (χ3v) is 3.87. The molecule has 0 fully saturated rings. The minimum atomic E-state index is -0.542. The second-order valence-corrected chi connectivity index (χ2v) is 5.54. The van der Waals surface area contributed by atoms with Crippen molar-refractivity contribution >= 4 is 35.1 Å². The summed E-state index contributed by atoms with van der Waals surface area (Å²) in [5.41, 5.74) is 11.8. The monoisotopic (exact) mass is 322 g/mol. The Morgan fingerprint density at radius 1 is 1.59 bits per heavy atom. The Morgan fingerprint density at radius 3 is 2.95 bits per heavy atom. The summed E-state index contributed by atoms with van der Waals surface area (Å²) in [7, 11) is 0. The van der Waals surface area contributed by atoms with Crippen molar-refractivity contribution in [1.29, 1.82) is 0 Å². The van der Waals surface area contributed by atoms with Crippen LogP contribution in [0.4, 0.5) is 5.69 Å². The highest BCUT2D eigenvalue weighted by atomic mass is 32.1. The summed E-state index contributed by atoms with van der Waals surface area (Å²) in [5.74, 6) is -0.430. The van der Waals surface area contributed by atoms with Crippen LogP contribution in [0.5, 0.6) is 0 Å². The molecule has 0 saturated carbocycles. The van der Waals surface area contributed by atoms with Crippen LogP contribution in [0.2, 0.25) is 0 Å². The van der Waals surface area contributed by atoms with Gasteiger partial charge < -0.3 is 16.0 Å². The van der Waals surface area contributed by atoms with Gasteiger partial charge in [-0.25, -0.2) is 0 Å². The second-order valence-electron chi connectivity index (χ2n) is 4.59. The van der Waals surface area contributed by atoms with Gasteiger partial charge in [-0.05, 0) is 36.1 Å². The van der Waals surface area contributed by atoms with E-state index in [9.17, 15) is 14.9 Å². The maximum Gasteiger partial charge on any atom is 0.338 e. The molecule has 0 aliphatic heterocycles. The molecule has 0 radical (unpaired) electrons. The molecule has 116 valence electrons. The first-order chi connectivity index (χ1) is 10.4. The van der Waals surface area contributed by atoms with Crippen LogP contribution >= 0.6 is 11.3 Å². The first kappa shape index (κ1) is 15.9. The Labute approximate surface area is 129 Å². The van der Waals surface area contributed by atoms with Crippen LogP contribution in [0.1, 0.15) is 34.4 Å². The number of nitro groups is 1. The van der Waals surface area contributed by atoms with Gasteiger partial charge in [0, 0.05) is 17.3 Å². The third-order valence-electron chi connectivity index (χ3n) is 2.97. The molecular weight excluding hydrogens is 308 g/mol.